The van der Waals surface area contributed by atoms with Crippen molar-refractivity contribution >= 4 is 5.52 Å². The molecule has 1 N–H and O–H groups in total. The third-order valence-electron chi connectivity index (χ3n) is 3.38. The lowest BCUT2D eigenvalue weighted by atomic mass is 10.2. The second-order valence-electron chi connectivity index (χ2n) is 5.20. The average molecular weight is 246 g/mol. The summed E-state index contributed by atoms with van der Waals surface area (Å²) in [5.41, 5.74) is 0.674. The fraction of sp³-hybridized carbons (Fsp3) is 0.538. The van der Waals surface area contributed by atoms with Crippen LogP contribution in [-0.2, 0) is 6.54 Å². The van der Waals surface area contributed by atoms with Crippen LogP contribution in [-0.4, -0.2) is 26.8 Å². The van der Waals surface area contributed by atoms with Gasteiger partial charge in [-0.1, -0.05) is 6.92 Å². The summed E-state index contributed by atoms with van der Waals surface area (Å²) in [6.45, 7) is 3.89. The van der Waals surface area contributed by atoms with Crippen molar-refractivity contribution in [3.63, 3.8) is 0 Å². The monoisotopic (exact) mass is 246 g/mol. The Kier molecular flexibility index (Phi) is 2.91. The van der Waals surface area contributed by atoms with Crippen LogP contribution in [0.1, 0.15) is 19.8 Å². The molecule has 1 atom stereocenters. The molecule has 18 heavy (non-hydrogen) atoms. The Morgan fingerprint density at radius 3 is 3.11 bits per heavy atom. The molecule has 0 amide bonds. The van der Waals surface area contributed by atoms with Crippen molar-refractivity contribution in [1.29, 1.82) is 0 Å². The van der Waals surface area contributed by atoms with E-state index in [1.165, 1.54) is 12.8 Å². The lowest BCUT2D eigenvalue weighted by Gasteiger charge is -2.14. The second-order valence-corrected chi connectivity index (χ2v) is 5.20. The van der Waals surface area contributed by atoms with Gasteiger partial charge in [0.2, 0.25) is 0 Å². The molecular formula is C13H18N4O. The topological polar surface area (TPSA) is 51.3 Å². The van der Waals surface area contributed by atoms with Crippen LogP contribution in [0.4, 0.5) is 0 Å². The quantitative estimate of drug-likeness (QED) is 0.852. The molecule has 2 aromatic heterocycles. The van der Waals surface area contributed by atoms with Crippen molar-refractivity contribution in [2.45, 2.75) is 32.4 Å². The third-order valence-corrected chi connectivity index (χ3v) is 3.38. The highest BCUT2D eigenvalue weighted by Crippen LogP contribution is 2.18. The molecule has 0 aliphatic heterocycles. The highest BCUT2D eigenvalue weighted by atomic mass is 16.1. The molecule has 5 heteroatoms. The Hall–Kier alpha value is -1.62. The fourth-order valence-corrected chi connectivity index (χ4v) is 2.16. The number of hydrogen-bond donors (Lipinski definition) is 1. The zero-order chi connectivity index (χ0) is 12.5. The van der Waals surface area contributed by atoms with Crippen molar-refractivity contribution < 1.29 is 0 Å². The van der Waals surface area contributed by atoms with E-state index in [1.54, 1.807) is 21.3 Å². The summed E-state index contributed by atoms with van der Waals surface area (Å²) in [4.78, 5) is 12.2. The van der Waals surface area contributed by atoms with Gasteiger partial charge in [-0.3, -0.25) is 4.79 Å². The SMILES string of the molecule is CC(CNC1CC1)Cn1ccn2nccc2c1=O. The molecule has 1 unspecified atom stereocenters. The number of nitrogens with zero attached hydrogens (tertiary/aromatic N) is 3. The number of fused-ring (bicyclic) bond motifs is 1. The molecule has 1 aliphatic rings. The smallest absolute Gasteiger partial charge is 0.276 e. The van der Waals surface area contributed by atoms with Crippen LogP contribution in [0.5, 0.6) is 0 Å². The molecule has 0 saturated heterocycles. The summed E-state index contributed by atoms with van der Waals surface area (Å²) in [6.07, 6.45) is 7.90. The largest absolute Gasteiger partial charge is 0.314 e. The lowest BCUT2D eigenvalue weighted by Crippen LogP contribution is -2.30. The van der Waals surface area contributed by atoms with Crippen molar-refractivity contribution in [2.75, 3.05) is 6.54 Å². The zero-order valence-electron chi connectivity index (χ0n) is 10.5. The van der Waals surface area contributed by atoms with Crippen LogP contribution in [0.25, 0.3) is 5.52 Å². The van der Waals surface area contributed by atoms with E-state index in [2.05, 4.69) is 17.3 Å². The van der Waals surface area contributed by atoms with Crippen LogP contribution < -0.4 is 10.9 Å². The molecule has 0 bridgehead atoms. The van der Waals surface area contributed by atoms with E-state index in [0.29, 0.717) is 11.4 Å². The van der Waals surface area contributed by atoms with E-state index in [9.17, 15) is 4.79 Å². The summed E-state index contributed by atoms with van der Waals surface area (Å²) in [5, 5.41) is 7.55. The predicted molar refractivity (Wildman–Crippen MR) is 69.6 cm³/mol. The minimum Gasteiger partial charge on any atom is -0.314 e. The first kappa shape index (κ1) is 11.5. The van der Waals surface area contributed by atoms with E-state index in [0.717, 1.165) is 19.1 Å². The Bertz CT molecular complexity index is 596. The van der Waals surface area contributed by atoms with Gasteiger partial charge in [-0.2, -0.15) is 5.10 Å². The summed E-state index contributed by atoms with van der Waals surface area (Å²) in [7, 11) is 0. The minimum atomic E-state index is 0.0354. The minimum absolute atomic E-state index is 0.0354. The molecule has 2 heterocycles. The molecule has 0 spiro atoms. The van der Waals surface area contributed by atoms with Crippen LogP contribution in [0, 0.1) is 5.92 Å². The molecule has 1 fully saturated rings. The van der Waals surface area contributed by atoms with Crippen molar-refractivity contribution in [3.05, 3.63) is 35.0 Å². The van der Waals surface area contributed by atoms with Crippen LogP contribution in [0.2, 0.25) is 0 Å². The normalized spacial score (nSPS) is 17.2. The number of aromatic nitrogens is 3. The van der Waals surface area contributed by atoms with Crippen molar-refractivity contribution in [1.82, 2.24) is 19.5 Å². The Morgan fingerprint density at radius 1 is 1.50 bits per heavy atom. The maximum absolute atomic E-state index is 12.2. The van der Waals surface area contributed by atoms with Gasteiger partial charge >= 0.3 is 0 Å². The van der Waals surface area contributed by atoms with Gasteiger partial charge in [0.25, 0.3) is 5.56 Å². The van der Waals surface area contributed by atoms with Crippen LogP contribution in [0.3, 0.4) is 0 Å². The third kappa shape index (κ3) is 2.31. The van der Waals surface area contributed by atoms with Gasteiger partial charge in [0, 0.05) is 25.0 Å². The van der Waals surface area contributed by atoms with E-state index < -0.39 is 0 Å². The Labute approximate surface area is 105 Å². The molecular weight excluding hydrogens is 228 g/mol. The predicted octanol–water partition coefficient (Wildman–Crippen LogP) is 0.884. The highest BCUT2D eigenvalue weighted by Gasteiger charge is 2.20. The van der Waals surface area contributed by atoms with E-state index in [-0.39, 0.29) is 5.56 Å². The summed E-state index contributed by atoms with van der Waals surface area (Å²) in [5.74, 6) is 0.452. The number of nitrogens with one attached hydrogen (secondary N) is 1. The van der Waals surface area contributed by atoms with Crippen molar-refractivity contribution in [2.24, 2.45) is 5.92 Å². The molecule has 3 rings (SSSR count). The summed E-state index contributed by atoms with van der Waals surface area (Å²) < 4.78 is 3.39. The van der Waals surface area contributed by atoms with Gasteiger partial charge in [0.1, 0.15) is 5.52 Å². The van der Waals surface area contributed by atoms with Crippen LogP contribution in [0.15, 0.2) is 29.5 Å². The molecule has 0 radical (unpaired) electrons. The van der Waals surface area contributed by atoms with Gasteiger partial charge in [0.15, 0.2) is 0 Å². The fourth-order valence-electron chi connectivity index (χ4n) is 2.16. The molecule has 5 nitrogen and oxygen atoms in total. The first-order valence-corrected chi connectivity index (χ1v) is 6.50. The molecule has 96 valence electrons. The zero-order valence-corrected chi connectivity index (χ0v) is 10.5. The van der Waals surface area contributed by atoms with Gasteiger partial charge < -0.3 is 9.88 Å². The standard InChI is InChI=1S/C13H18N4O/c1-10(8-14-11-2-3-11)9-16-6-7-17-12(13(16)18)4-5-15-17/h4-7,10-11,14H,2-3,8-9H2,1H3. The highest BCUT2D eigenvalue weighted by molar-refractivity contribution is 5.42. The Balaban J connectivity index is 1.72. The maximum atomic E-state index is 12.2. The number of rotatable bonds is 5. The van der Waals surface area contributed by atoms with E-state index in [1.807, 2.05) is 12.4 Å². The molecule has 1 saturated carbocycles. The first-order chi connectivity index (χ1) is 8.74. The summed E-state index contributed by atoms with van der Waals surface area (Å²) in [6, 6.07) is 2.48. The lowest BCUT2D eigenvalue weighted by molar-refractivity contribution is 0.437. The van der Waals surface area contributed by atoms with Gasteiger partial charge in [-0.25, -0.2) is 4.52 Å². The van der Waals surface area contributed by atoms with Crippen molar-refractivity contribution in [3.8, 4) is 0 Å². The van der Waals surface area contributed by atoms with E-state index in [4.69, 9.17) is 0 Å². The number of hydrogen-bond acceptors (Lipinski definition) is 3. The van der Waals surface area contributed by atoms with Gasteiger partial charge in [-0.15, -0.1) is 0 Å². The maximum Gasteiger partial charge on any atom is 0.276 e. The molecule has 0 aromatic carbocycles. The second kappa shape index (κ2) is 4.57. The van der Waals surface area contributed by atoms with Crippen LogP contribution >= 0.6 is 0 Å². The summed E-state index contributed by atoms with van der Waals surface area (Å²) >= 11 is 0. The van der Waals surface area contributed by atoms with E-state index >= 15 is 0 Å². The average Bonchev–Trinajstić information content (AvgIpc) is 3.06. The molecule has 2 aromatic rings. The van der Waals surface area contributed by atoms with Gasteiger partial charge in [0.05, 0.1) is 6.20 Å². The molecule has 1 aliphatic carbocycles. The van der Waals surface area contributed by atoms with Gasteiger partial charge in [-0.05, 0) is 31.4 Å². The first-order valence-electron chi connectivity index (χ1n) is 6.50. The Morgan fingerprint density at radius 2 is 2.33 bits per heavy atom.